The summed E-state index contributed by atoms with van der Waals surface area (Å²) in [6.07, 6.45) is -3.81. The zero-order valence-electron chi connectivity index (χ0n) is 12.0. The Bertz CT molecular complexity index is 607. The van der Waals surface area contributed by atoms with Crippen LogP contribution in [0.2, 0.25) is 0 Å². The van der Waals surface area contributed by atoms with Crippen LogP contribution in [0.5, 0.6) is 0 Å². The summed E-state index contributed by atoms with van der Waals surface area (Å²) in [6, 6.07) is 2.77. The van der Waals surface area contributed by atoms with Crippen molar-refractivity contribution in [1.82, 2.24) is 15.5 Å². The molecule has 0 aliphatic carbocycles. The van der Waals surface area contributed by atoms with Crippen molar-refractivity contribution in [3.63, 3.8) is 0 Å². The number of urea groups is 1. The summed E-state index contributed by atoms with van der Waals surface area (Å²) in [6.45, 7) is 0.785. The maximum Gasteiger partial charge on any atom is 0.416 e. The fourth-order valence-corrected chi connectivity index (χ4v) is 2.54. The second kappa shape index (κ2) is 7.20. The minimum atomic E-state index is -4.44. The van der Waals surface area contributed by atoms with Crippen LogP contribution in [0.3, 0.4) is 0 Å². The van der Waals surface area contributed by atoms with Crippen molar-refractivity contribution in [3.05, 3.63) is 33.8 Å². The van der Waals surface area contributed by atoms with Crippen LogP contribution in [0.1, 0.15) is 17.5 Å². The highest BCUT2D eigenvalue weighted by Crippen LogP contribution is 2.31. The van der Waals surface area contributed by atoms with Gasteiger partial charge in [-0.15, -0.1) is 0 Å². The third-order valence-corrected chi connectivity index (χ3v) is 4.13. The van der Waals surface area contributed by atoms with Gasteiger partial charge >= 0.3 is 12.2 Å². The van der Waals surface area contributed by atoms with Crippen molar-refractivity contribution in [2.45, 2.75) is 19.1 Å². The van der Waals surface area contributed by atoms with E-state index in [0.29, 0.717) is 29.5 Å². The quantitative estimate of drug-likeness (QED) is 0.810. The van der Waals surface area contributed by atoms with Gasteiger partial charge in [0.25, 0.3) is 0 Å². The predicted molar refractivity (Wildman–Crippen MR) is 80.6 cm³/mol. The molecule has 23 heavy (non-hydrogen) atoms. The molecule has 0 saturated carbocycles. The Balaban J connectivity index is 2.02. The summed E-state index contributed by atoms with van der Waals surface area (Å²) in [5, 5.41) is 5.19. The molecule has 2 rings (SSSR count). The van der Waals surface area contributed by atoms with Crippen LogP contribution in [-0.2, 0) is 17.5 Å². The number of benzene rings is 1. The zero-order valence-corrected chi connectivity index (χ0v) is 13.6. The molecule has 1 aromatic carbocycles. The topological polar surface area (TPSA) is 61.4 Å². The predicted octanol–water partition coefficient (Wildman–Crippen LogP) is 2.50. The maximum absolute atomic E-state index is 12.7. The van der Waals surface area contributed by atoms with E-state index in [2.05, 4.69) is 26.6 Å². The minimum absolute atomic E-state index is 0.0599. The number of rotatable bonds is 2. The van der Waals surface area contributed by atoms with Gasteiger partial charge in [0.05, 0.1) is 5.56 Å². The summed E-state index contributed by atoms with van der Waals surface area (Å²) in [4.78, 5) is 24.8. The molecule has 126 valence electrons. The Morgan fingerprint density at radius 1 is 1.39 bits per heavy atom. The molecule has 2 N–H and O–H groups in total. The molecule has 0 spiro atoms. The Labute approximate surface area is 139 Å². The molecule has 3 amide bonds. The second-order valence-corrected chi connectivity index (χ2v) is 5.94. The second-order valence-electron chi connectivity index (χ2n) is 5.09. The summed E-state index contributed by atoms with van der Waals surface area (Å²) in [5.74, 6) is -0.252. The number of halogens is 4. The highest BCUT2D eigenvalue weighted by atomic mass is 79.9. The third kappa shape index (κ3) is 4.85. The van der Waals surface area contributed by atoms with Crippen molar-refractivity contribution >= 4 is 27.9 Å². The lowest BCUT2D eigenvalue weighted by molar-refractivity contribution is -0.137. The lowest BCUT2D eigenvalue weighted by atomic mass is 10.1. The maximum atomic E-state index is 12.7. The molecule has 1 aromatic rings. The van der Waals surface area contributed by atoms with Crippen molar-refractivity contribution in [2.24, 2.45) is 0 Å². The fourth-order valence-electron chi connectivity index (χ4n) is 2.15. The van der Waals surface area contributed by atoms with E-state index in [1.54, 1.807) is 0 Å². The third-order valence-electron chi connectivity index (χ3n) is 3.35. The van der Waals surface area contributed by atoms with Gasteiger partial charge in [-0.05, 0) is 30.2 Å². The number of nitrogens with zero attached hydrogens (tertiary/aromatic N) is 1. The van der Waals surface area contributed by atoms with Crippen LogP contribution < -0.4 is 10.6 Å². The number of carbonyl (C=O) groups is 2. The van der Waals surface area contributed by atoms with E-state index < -0.39 is 17.8 Å². The molecule has 9 heteroatoms. The Kier molecular flexibility index (Phi) is 5.51. The van der Waals surface area contributed by atoms with Crippen molar-refractivity contribution in [3.8, 4) is 0 Å². The van der Waals surface area contributed by atoms with Gasteiger partial charge in [0.15, 0.2) is 0 Å². The standard InChI is InChI=1S/C14H15BrF3N3O2/c15-11-3-2-10(14(16,17)18)6-9(11)7-20-13(23)21-5-1-4-19-12(22)8-21/h2-3,6H,1,4-5,7-8H2,(H,19,22)(H,20,23). The molecular weight excluding hydrogens is 379 g/mol. The highest BCUT2D eigenvalue weighted by Gasteiger charge is 2.31. The summed E-state index contributed by atoms with van der Waals surface area (Å²) < 4.78 is 38.6. The Morgan fingerprint density at radius 3 is 2.83 bits per heavy atom. The van der Waals surface area contributed by atoms with Crippen LogP contribution in [0, 0.1) is 0 Å². The smallest absolute Gasteiger partial charge is 0.354 e. The molecule has 1 aliphatic rings. The van der Waals surface area contributed by atoms with E-state index in [-0.39, 0.29) is 19.0 Å². The monoisotopic (exact) mass is 393 g/mol. The number of nitrogens with one attached hydrogen (secondary N) is 2. The molecule has 1 aliphatic heterocycles. The lowest BCUT2D eigenvalue weighted by Crippen LogP contribution is -2.43. The van der Waals surface area contributed by atoms with Crippen molar-refractivity contribution in [2.75, 3.05) is 19.6 Å². The van der Waals surface area contributed by atoms with E-state index in [4.69, 9.17) is 0 Å². The van der Waals surface area contributed by atoms with Gasteiger partial charge in [0.2, 0.25) is 5.91 Å². The number of carbonyl (C=O) groups excluding carboxylic acids is 2. The number of amides is 3. The highest BCUT2D eigenvalue weighted by molar-refractivity contribution is 9.10. The first-order chi connectivity index (χ1) is 10.8. The molecule has 0 unspecified atom stereocenters. The number of hydrogen-bond acceptors (Lipinski definition) is 2. The van der Waals surface area contributed by atoms with Gasteiger partial charge in [-0.25, -0.2) is 4.79 Å². The Hall–Kier alpha value is -1.77. The largest absolute Gasteiger partial charge is 0.416 e. The van der Waals surface area contributed by atoms with Gasteiger partial charge in [-0.3, -0.25) is 4.79 Å². The van der Waals surface area contributed by atoms with Crippen LogP contribution >= 0.6 is 15.9 Å². The van der Waals surface area contributed by atoms with Gasteiger partial charge < -0.3 is 15.5 Å². The molecule has 5 nitrogen and oxygen atoms in total. The van der Waals surface area contributed by atoms with Crippen LogP contribution in [0.25, 0.3) is 0 Å². The molecule has 0 radical (unpaired) electrons. The average molecular weight is 394 g/mol. The fraction of sp³-hybridized carbons (Fsp3) is 0.429. The van der Waals surface area contributed by atoms with E-state index in [9.17, 15) is 22.8 Å². The van der Waals surface area contributed by atoms with Gasteiger partial charge in [0.1, 0.15) is 6.54 Å². The number of alkyl halides is 3. The first-order valence-electron chi connectivity index (χ1n) is 6.92. The summed E-state index contributed by atoms with van der Waals surface area (Å²) >= 11 is 3.17. The van der Waals surface area contributed by atoms with Gasteiger partial charge in [-0.2, -0.15) is 13.2 Å². The van der Waals surface area contributed by atoms with Gasteiger partial charge in [-0.1, -0.05) is 15.9 Å². The van der Waals surface area contributed by atoms with Crippen molar-refractivity contribution in [1.29, 1.82) is 0 Å². The molecular formula is C14H15BrF3N3O2. The van der Waals surface area contributed by atoms with E-state index >= 15 is 0 Å². The van der Waals surface area contributed by atoms with E-state index in [0.717, 1.165) is 12.1 Å². The molecule has 0 aromatic heterocycles. The summed E-state index contributed by atoms with van der Waals surface area (Å²) in [5.41, 5.74) is -0.466. The van der Waals surface area contributed by atoms with Crippen LogP contribution in [0.4, 0.5) is 18.0 Å². The van der Waals surface area contributed by atoms with Crippen LogP contribution in [0.15, 0.2) is 22.7 Å². The zero-order chi connectivity index (χ0) is 17.0. The summed E-state index contributed by atoms with van der Waals surface area (Å²) in [7, 11) is 0. The average Bonchev–Trinajstić information content (AvgIpc) is 2.69. The first-order valence-corrected chi connectivity index (χ1v) is 7.72. The lowest BCUT2D eigenvalue weighted by Gasteiger charge is -2.20. The van der Waals surface area contributed by atoms with Crippen LogP contribution in [-0.4, -0.2) is 36.5 Å². The SMILES string of the molecule is O=C1CN(C(=O)NCc2cc(C(F)(F)F)ccc2Br)CCCN1. The molecule has 1 heterocycles. The molecule has 0 bridgehead atoms. The molecule has 1 saturated heterocycles. The van der Waals surface area contributed by atoms with Crippen molar-refractivity contribution < 1.29 is 22.8 Å². The van der Waals surface area contributed by atoms with E-state index in [1.165, 1.54) is 11.0 Å². The first kappa shape index (κ1) is 17.6. The number of hydrogen-bond donors (Lipinski definition) is 2. The van der Waals surface area contributed by atoms with Gasteiger partial charge in [0, 0.05) is 24.1 Å². The normalized spacial score (nSPS) is 15.8. The molecule has 1 fully saturated rings. The minimum Gasteiger partial charge on any atom is -0.354 e. The Morgan fingerprint density at radius 2 is 2.13 bits per heavy atom. The van der Waals surface area contributed by atoms with E-state index in [1.807, 2.05) is 0 Å². The molecule has 0 atom stereocenters.